The quantitative estimate of drug-likeness (QED) is 0.439. The average Bonchev–Trinajstić information content (AvgIpc) is 2.48. The van der Waals surface area contributed by atoms with E-state index in [4.69, 9.17) is 4.84 Å². The van der Waals surface area contributed by atoms with Crippen LogP contribution in [0.2, 0.25) is 0 Å². The molecule has 0 radical (unpaired) electrons. The van der Waals surface area contributed by atoms with Gasteiger partial charge in [-0.1, -0.05) is 34.6 Å². The predicted octanol–water partition coefficient (Wildman–Crippen LogP) is 2.32. The third-order valence-corrected chi connectivity index (χ3v) is 2.85. The minimum absolute atomic E-state index is 0.211. The molecule has 0 aliphatic heterocycles. The van der Waals surface area contributed by atoms with Gasteiger partial charge in [-0.3, -0.25) is 4.79 Å². The second kappa shape index (κ2) is 8.73. The van der Waals surface area contributed by atoms with Crippen LogP contribution in [0.25, 0.3) is 0 Å². The van der Waals surface area contributed by atoms with Gasteiger partial charge in [0.25, 0.3) is 0 Å². The van der Waals surface area contributed by atoms with Crippen molar-refractivity contribution in [1.82, 2.24) is 0 Å². The van der Waals surface area contributed by atoms with Gasteiger partial charge in [-0.25, -0.2) is 0 Å². The van der Waals surface area contributed by atoms with Gasteiger partial charge in [0.1, 0.15) is 25.1 Å². The molecule has 1 aromatic rings. The van der Waals surface area contributed by atoms with Gasteiger partial charge in [-0.15, -0.1) is 0 Å². The van der Waals surface area contributed by atoms with E-state index in [-0.39, 0.29) is 19.0 Å². The lowest BCUT2D eigenvalue weighted by Crippen LogP contribution is -2.08. The number of carbonyl (C=O) groups excluding carboxylic acids is 1. The summed E-state index contributed by atoms with van der Waals surface area (Å²) in [5, 5.41) is 7.73. The smallest absolute Gasteiger partial charge is 0.309 e. The maximum absolute atomic E-state index is 11.4. The van der Waals surface area contributed by atoms with Gasteiger partial charge in [-0.2, -0.15) is 0 Å². The van der Waals surface area contributed by atoms with Crippen molar-refractivity contribution in [2.75, 3.05) is 14.2 Å². The zero-order valence-electron chi connectivity index (χ0n) is 12.8. The van der Waals surface area contributed by atoms with Crippen molar-refractivity contribution in [1.29, 1.82) is 0 Å². The zero-order valence-corrected chi connectivity index (χ0v) is 12.8. The monoisotopic (exact) mass is 292 g/mol. The summed E-state index contributed by atoms with van der Waals surface area (Å²) < 4.78 is 4.67. The molecule has 1 aromatic carbocycles. The fraction of sp³-hybridized carbons (Fsp3) is 0.400. The summed E-state index contributed by atoms with van der Waals surface area (Å²) >= 11 is 0. The summed E-state index contributed by atoms with van der Waals surface area (Å²) in [6.45, 7) is 3.82. The second-order valence-electron chi connectivity index (χ2n) is 4.33. The van der Waals surface area contributed by atoms with Gasteiger partial charge in [0.05, 0.1) is 13.5 Å². The number of ether oxygens (including phenoxy) is 1. The highest BCUT2D eigenvalue weighted by atomic mass is 16.6. The van der Waals surface area contributed by atoms with Crippen molar-refractivity contribution in [3.05, 3.63) is 35.4 Å². The molecular formula is C15H20N2O4. The van der Waals surface area contributed by atoms with Crippen LogP contribution < -0.4 is 0 Å². The van der Waals surface area contributed by atoms with Gasteiger partial charge in [-0.05, 0) is 25.0 Å². The second-order valence-corrected chi connectivity index (χ2v) is 4.33. The SMILES string of the molecule is CON=C(C)C(C)=NOCc1ccccc1CC(=O)OC. The van der Waals surface area contributed by atoms with Crippen molar-refractivity contribution in [2.45, 2.75) is 26.9 Å². The number of benzene rings is 1. The predicted molar refractivity (Wildman–Crippen MR) is 80.2 cm³/mol. The molecule has 0 amide bonds. The van der Waals surface area contributed by atoms with Crippen LogP contribution in [0.1, 0.15) is 25.0 Å². The van der Waals surface area contributed by atoms with E-state index in [1.165, 1.54) is 14.2 Å². The number of methoxy groups -OCH3 is 1. The van der Waals surface area contributed by atoms with Crippen LogP contribution in [0, 0.1) is 0 Å². The van der Waals surface area contributed by atoms with Crippen LogP contribution in [0.15, 0.2) is 34.6 Å². The highest BCUT2D eigenvalue weighted by molar-refractivity contribution is 6.40. The normalized spacial score (nSPS) is 12.0. The maximum Gasteiger partial charge on any atom is 0.309 e. The van der Waals surface area contributed by atoms with E-state index in [1.54, 1.807) is 13.8 Å². The molecule has 6 heteroatoms. The van der Waals surface area contributed by atoms with Crippen molar-refractivity contribution >= 4 is 17.4 Å². The highest BCUT2D eigenvalue weighted by Crippen LogP contribution is 2.11. The molecule has 0 unspecified atom stereocenters. The maximum atomic E-state index is 11.4. The molecule has 6 nitrogen and oxygen atoms in total. The molecule has 21 heavy (non-hydrogen) atoms. The minimum Gasteiger partial charge on any atom is -0.469 e. The van der Waals surface area contributed by atoms with Crippen molar-refractivity contribution in [3.8, 4) is 0 Å². The first-order valence-corrected chi connectivity index (χ1v) is 6.46. The Labute approximate surface area is 124 Å². The Hall–Kier alpha value is -2.37. The van der Waals surface area contributed by atoms with E-state index in [9.17, 15) is 4.79 Å². The van der Waals surface area contributed by atoms with Gasteiger partial charge < -0.3 is 14.4 Å². The van der Waals surface area contributed by atoms with E-state index in [0.717, 1.165) is 11.1 Å². The topological polar surface area (TPSA) is 69.5 Å². The lowest BCUT2D eigenvalue weighted by Gasteiger charge is -2.08. The average molecular weight is 292 g/mol. The molecule has 0 bridgehead atoms. The molecule has 0 N–H and O–H groups in total. The number of nitrogens with zero attached hydrogens (tertiary/aromatic N) is 2. The molecule has 0 aromatic heterocycles. The Bertz CT molecular complexity index is 538. The number of rotatable bonds is 7. The Morgan fingerprint density at radius 1 is 1.05 bits per heavy atom. The van der Waals surface area contributed by atoms with E-state index in [1.807, 2.05) is 24.3 Å². The van der Waals surface area contributed by atoms with E-state index < -0.39 is 0 Å². The molecule has 0 atom stereocenters. The molecule has 0 spiro atoms. The molecule has 0 heterocycles. The number of carbonyl (C=O) groups is 1. The fourth-order valence-electron chi connectivity index (χ4n) is 1.57. The van der Waals surface area contributed by atoms with E-state index in [0.29, 0.717) is 11.4 Å². The zero-order chi connectivity index (χ0) is 15.7. The first-order valence-electron chi connectivity index (χ1n) is 6.46. The first-order chi connectivity index (χ1) is 10.1. The molecule has 0 aliphatic carbocycles. The molecule has 0 saturated heterocycles. The largest absolute Gasteiger partial charge is 0.469 e. The number of hydrogen-bond donors (Lipinski definition) is 0. The molecular weight excluding hydrogens is 272 g/mol. The number of esters is 1. The highest BCUT2D eigenvalue weighted by Gasteiger charge is 2.08. The number of oxime groups is 2. The lowest BCUT2D eigenvalue weighted by molar-refractivity contribution is -0.139. The van der Waals surface area contributed by atoms with Crippen molar-refractivity contribution in [3.63, 3.8) is 0 Å². The van der Waals surface area contributed by atoms with Crippen LogP contribution in [0.5, 0.6) is 0 Å². The summed E-state index contributed by atoms with van der Waals surface area (Å²) in [6.07, 6.45) is 0.211. The molecule has 1 rings (SSSR count). The third kappa shape index (κ3) is 5.64. The Balaban J connectivity index is 2.69. The Morgan fingerprint density at radius 2 is 1.67 bits per heavy atom. The molecule has 0 saturated carbocycles. The van der Waals surface area contributed by atoms with Crippen LogP contribution in [-0.2, 0) is 32.2 Å². The summed E-state index contributed by atoms with van der Waals surface area (Å²) in [5.74, 6) is -0.287. The van der Waals surface area contributed by atoms with Gasteiger partial charge in [0.15, 0.2) is 0 Å². The van der Waals surface area contributed by atoms with Crippen LogP contribution in [-0.4, -0.2) is 31.6 Å². The lowest BCUT2D eigenvalue weighted by atomic mass is 10.1. The summed E-state index contributed by atoms with van der Waals surface area (Å²) in [4.78, 5) is 21.3. The molecule has 0 aliphatic rings. The number of hydrogen-bond acceptors (Lipinski definition) is 6. The Morgan fingerprint density at radius 3 is 2.29 bits per heavy atom. The van der Waals surface area contributed by atoms with E-state index in [2.05, 4.69) is 19.9 Å². The summed E-state index contributed by atoms with van der Waals surface area (Å²) in [5.41, 5.74) is 3.02. The van der Waals surface area contributed by atoms with Crippen LogP contribution in [0.4, 0.5) is 0 Å². The van der Waals surface area contributed by atoms with E-state index >= 15 is 0 Å². The first kappa shape index (κ1) is 16.7. The minimum atomic E-state index is -0.287. The fourth-order valence-corrected chi connectivity index (χ4v) is 1.57. The van der Waals surface area contributed by atoms with Crippen molar-refractivity contribution < 1.29 is 19.2 Å². The van der Waals surface area contributed by atoms with Crippen LogP contribution in [0.3, 0.4) is 0 Å². The molecule has 114 valence electrons. The summed E-state index contributed by atoms with van der Waals surface area (Å²) in [6, 6.07) is 7.50. The van der Waals surface area contributed by atoms with Crippen LogP contribution >= 0.6 is 0 Å². The van der Waals surface area contributed by atoms with Crippen molar-refractivity contribution in [2.24, 2.45) is 10.3 Å². The standard InChI is InChI=1S/C15H20N2O4/c1-11(16-20-4)12(2)17-21-10-14-8-6-5-7-13(14)9-15(18)19-3/h5-8H,9-10H2,1-4H3. The third-order valence-electron chi connectivity index (χ3n) is 2.85. The van der Waals surface area contributed by atoms with Gasteiger partial charge >= 0.3 is 5.97 Å². The van der Waals surface area contributed by atoms with Gasteiger partial charge in [0.2, 0.25) is 0 Å². The van der Waals surface area contributed by atoms with Gasteiger partial charge in [0, 0.05) is 0 Å². The Kier molecular flexibility index (Phi) is 6.94. The summed E-state index contributed by atoms with van der Waals surface area (Å²) in [7, 11) is 2.84. The molecule has 0 fully saturated rings.